The number of nitriles is 1. The molecule has 0 spiro atoms. The molecule has 2 fully saturated rings. The molecule has 1 amide bonds. The van der Waals surface area contributed by atoms with Crippen LogP contribution in [0.5, 0.6) is 0 Å². The fourth-order valence-corrected chi connectivity index (χ4v) is 3.54. The molecular formula is C18H23N3O2. The predicted octanol–water partition coefficient (Wildman–Crippen LogP) is 2.77. The van der Waals surface area contributed by atoms with E-state index in [4.69, 9.17) is 4.74 Å². The number of rotatable bonds is 2. The van der Waals surface area contributed by atoms with E-state index in [9.17, 15) is 10.1 Å². The Morgan fingerprint density at radius 2 is 2.04 bits per heavy atom. The molecule has 23 heavy (non-hydrogen) atoms. The SMILES string of the molecule is CC(C)(C)OC(=O)N1CC2C[C@H]1C(C#N)N2Cc1ccccc1. The van der Waals surface area contributed by atoms with E-state index in [1.54, 1.807) is 4.90 Å². The Morgan fingerprint density at radius 3 is 2.65 bits per heavy atom. The van der Waals surface area contributed by atoms with Crippen molar-refractivity contribution in [3.8, 4) is 6.07 Å². The summed E-state index contributed by atoms with van der Waals surface area (Å²) in [4.78, 5) is 16.3. The molecule has 2 bridgehead atoms. The lowest BCUT2D eigenvalue weighted by Crippen LogP contribution is -2.54. The molecule has 5 heteroatoms. The van der Waals surface area contributed by atoms with Gasteiger partial charge in [0.2, 0.25) is 0 Å². The van der Waals surface area contributed by atoms with Crippen LogP contribution < -0.4 is 0 Å². The first-order chi connectivity index (χ1) is 10.9. The van der Waals surface area contributed by atoms with E-state index in [1.807, 2.05) is 39.0 Å². The highest BCUT2D eigenvalue weighted by molar-refractivity contribution is 5.69. The smallest absolute Gasteiger partial charge is 0.410 e. The van der Waals surface area contributed by atoms with Crippen LogP contribution >= 0.6 is 0 Å². The maximum absolute atomic E-state index is 12.4. The molecule has 0 radical (unpaired) electrons. The largest absolute Gasteiger partial charge is 0.444 e. The summed E-state index contributed by atoms with van der Waals surface area (Å²) in [6.07, 6.45) is 0.550. The number of carbonyl (C=O) groups excluding carboxylic acids is 1. The Balaban J connectivity index is 1.71. The van der Waals surface area contributed by atoms with Crippen LogP contribution in [0.25, 0.3) is 0 Å². The van der Waals surface area contributed by atoms with Crippen LogP contribution in [0.4, 0.5) is 4.79 Å². The molecule has 1 aromatic carbocycles. The summed E-state index contributed by atoms with van der Waals surface area (Å²) in [6.45, 7) is 6.99. The van der Waals surface area contributed by atoms with Crippen LogP contribution in [0.1, 0.15) is 32.8 Å². The minimum Gasteiger partial charge on any atom is -0.444 e. The molecule has 0 aliphatic carbocycles. The van der Waals surface area contributed by atoms with E-state index in [2.05, 4.69) is 23.1 Å². The minimum absolute atomic E-state index is 0.0661. The van der Waals surface area contributed by atoms with Gasteiger partial charge >= 0.3 is 6.09 Å². The molecule has 2 heterocycles. The van der Waals surface area contributed by atoms with Crippen LogP contribution in [0, 0.1) is 11.3 Å². The van der Waals surface area contributed by atoms with Crippen LogP contribution in [0.2, 0.25) is 0 Å². The average Bonchev–Trinajstić information content (AvgIpc) is 3.04. The Bertz CT molecular complexity index is 617. The Kier molecular flexibility index (Phi) is 4.03. The zero-order valence-electron chi connectivity index (χ0n) is 13.9. The molecule has 2 aliphatic rings. The third-order valence-electron chi connectivity index (χ3n) is 4.48. The summed E-state index contributed by atoms with van der Waals surface area (Å²) in [5.74, 6) is 0. The van der Waals surface area contributed by atoms with Gasteiger partial charge in [0.25, 0.3) is 0 Å². The molecule has 3 rings (SSSR count). The molecule has 2 unspecified atom stereocenters. The third-order valence-corrected chi connectivity index (χ3v) is 4.48. The molecule has 122 valence electrons. The molecule has 0 N–H and O–H groups in total. The fourth-order valence-electron chi connectivity index (χ4n) is 3.54. The van der Waals surface area contributed by atoms with Gasteiger partial charge in [-0.15, -0.1) is 0 Å². The van der Waals surface area contributed by atoms with Crippen LogP contribution in [-0.4, -0.2) is 46.2 Å². The van der Waals surface area contributed by atoms with Crippen molar-refractivity contribution in [1.82, 2.24) is 9.80 Å². The standard InChI is InChI=1S/C18H23N3O2/c1-18(2,3)23-17(22)21-12-14-9-15(21)16(10-19)20(14)11-13-7-5-4-6-8-13/h4-8,14-16H,9,11-12H2,1-3H3/t14?,15-,16?/m0/s1. The predicted molar refractivity (Wildman–Crippen MR) is 86.5 cm³/mol. The topological polar surface area (TPSA) is 56.6 Å². The van der Waals surface area contributed by atoms with E-state index in [0.717, 1.165) is 13.0 Å². The molecule has 2 saturated heterocycles. The first kappa shape index (κ1) is 15.8. The number of benzene rings is 1. The minimum atomic E-state index is -0.509. The van der Waals surface area contributed by atoms with Gasteiger partial charge in [0.15, 0.2) is 0 Å². The number of fused-ring (bicyclic) bond motifs is 2. The van der Waals surface area contributed by atoms with Crippen LogP contribution in [0.3, 0.4) is 0 Å². The number of likely N-dealkylation sites (tertiary alicyclic amines) is 2. The van der Waals surface area contributed by atoms with Gasteiger partial charge in [0.1, 0.15) is 11.6 Å². The monoisotopic (exact) mass is 313 g/mol. The fraction of sp³-hybridized carbons (Fsp3) is 0.556. The van der Waals surface area contributed by atoms with Gasteiger partial charge < -0.3 is 9.64 Å². The Morgan fingerprint density at radius 1 is 1.35 bits per heavy atom. The molecule has 1 aromatic rings. The van der Waals surface area contributed by atoms with Crippen molar-refractivity contribution < 1.29 is 9.53 Å². The van der Waals surface area contributed by atoms with E-state index in [1.165, 1.54) is 5.56 Å². The highest BCUT2D eigenvalue weighted by Crippen LogP contribution is 2.37. The number of carbonyl (C=O) groups is 1. The highest BCUT2D eigenvalue weighted by Gasteiger charge is 2.52. The van der Waals surface area contributed by atoms with E-state index < -0.39 is 5.60 Å². The van der Waals surface area contributed by atoms with Gasteiger partial charge in [0, 0.05) is 19.1 Å². The van der Waals surface area contributed by atoms with Crippen LogP contribution in [-0.2, 0) is 11.3 Å². The van der Waals surface area contributed by atoms with Gasteiger partial charge in [-0.3, -0.25) is 4.90 Å². The van der Waals surface area contributed by atoms with Gasteiger partial charge in [-0.25, -0.2) is 4.79 Å². The number of ether oxygens (including phenoxy) is 1. The molecule has 3 atom stereocenters. The lowest BCUT2D eigenvalue weighted by atomic mass is 10.1. The van der Waals surface area contributed by atoms with Gasteiger partial charge in [-0.2, -0.15) is 5.26 Å². The number of hydrogen-bond donors (Lipinski definition) is 0. The summed E-state index contributed by atoms with van der Waals surface area (Å²) in [7, 11) is 0. The average molecular weight is 313 g/mol. The van der Waals surface area contributed by atoms with Gasteiger partial charge in [-0.1, -0.05) is 30.3 Å². The van der Waals surface area contributed by atoms with Gasteiger partial charge in [0.05, 0.1) is 12.1 Å². The summed E-state index contributed by atoms with van der Waals surface area (Å²) >= 11 is 0. The van der Waals surface area contributed by atoms with Crippen molar-refractivity contribution >= 4 is 6.09 Å². The van der Waals surface area contributed by atoms with Crippen molar-refractivity contribution in [2.75, 3.05) is 6.54 Å². The van der Waals surface area contributed by atoms with E-state index in [-0.39, 0.29) is 24.2 Å². The third kappa shape index (κ3) is 3.18. The molecule has 0 aromatic heterocycles. The Hall–Kier alpha value is -2.06. The van der Waals surface area contributed by atoms with Crippen molar-refractivity contribution in [2.24, 2.45) is 0 Å². The molecule has 2 aliphatic heterocycles. The lowest BCUT2D eigenvalue weighted by molar-refractivity contribution is 0.00662. The van der Waals surface area contributed by atoms with E-state index in [0.29, 0.717) is 6.54 Å². The Labute approximate surface area is 137 Å². The number of nitrogens with zero attached hydrogens (tertiary/aromatic N) is 3. The number of piperazine rings is 1. The number of hydrogen-bond acceptors (Lipinski definition) is 4. The molecule has 5 nitrogen and oxygen atoms in total. The number of amides is 1. The van der Waals surface area contributed by atoms with Crippen molar-refractivity contribution in [2.45, 2.75) is 57.5 Å². The highest BCUT2D eigenvalue weighted by atomic mass is 16.6. The summed E-state index contributed by atoms with van der Waals surface area (Å²) in [5.41, 5.74) is 0.689. The zero-order chi connectivity index (χ0) is 16.6. The second kappa shape index (κ2) is 5.86. The molecular weight excluding hydrogens is 290 g/mol. The normalized spacial score (nSPS) is 27.0. The van der Waals surface area contributed by atoms with Crippen molar-refractivity contribution in [3.05, 3.63) is 35.9 Å². The summed E-state index contributed by atoms with van der Waals surface area (Å²) in [5, 5.41) is 9.60. The molecule has 0 saturated carbocycles. The quantitative estimate of drug-likeness (QED) is 0.842. The first-order valence-electron chi connectivity index (χ1n) is 8.08. The lowest BCUT2D eigenvalue weighted by Gasteiger charge is -2.38. The maximum Gasteiger partial charge on any atom is 0.410 e. The zero-order valence-corrected chi connectivity index (χ0v) is 13.9. The van der Waals surface area contributed by atoms with E-state index >= 15 is 0 Å². The maximum atomic E-state index is 12.4. The second-order valence-electron chi connectivity index (χ2n) is 7.32. The summed E-state index contributed by atoms with van der Waals surface area (Å²) < 4.78 is 5.48. The second-order valence-corrected chi connectivity index (χ2v) is 7.32. The van der Waals surface area contributed by atoms with Gasteiger partial charge in [-0.05, 0) is 32.8 Å². The first-order valence-corrected chi connectivity index (χ1v) is 8.08. The van der Waals surface area contributed by atoms with Crippen molar-refractivity contribution in [3.63, 3.8) is 0 Å². The van der Waals surface area contributed by atoms with Crippen LogP contribution in [0.15, 0.2) is 30.3 Å². The van der Waals surface area contributed by atoms with Crippen molar-refractivity contribution in [1.29, 1.82) is 5.26 Å². The summed E-state index contributed by atoms with van der Waals surface area (Å²) in [6, 6.07) is 12.5.